The Morgan fingerprint density at radius 2 is 1.28 bits per heavy atom. The molecule has 0 heterocycles. The summed E-state index contributed by atoms with van der Waals surface area (Å²) in [5.74, 6) is 0. The van der Waals surface area contributed by atoms with Crippen LogP contribution >= 0.6 is 0 Å². The van der Waals surface area contributed by atoms with Gasteiger partial charge in [0.05, 0.1) is 11.2 Å². The third-order valence-corrected chi connectivity index (χ3v) is 4.33. The average molecular weight is 256 g/mol. The van der Waals surface area contributed by atoms with Crippen molar-refractivity contribution in [2.45, 2.75) is 96.2 Å². The first-order chi connectivity index (χ1) is 8.47. The van der Waals surface area contributed by atoms with Gasteiger partial charge in [-0.1, -0.05) is 38.5 Å². The minimum Gasteiger partial charge on any atom is -0.390 e. The lowest BCUT2D eigenvalue weighted by atomic mass is 9.86. The van der Waals surface area contributed by atoms with Crippen molar-refractivity contribution in [2.75, 3.05) is 6.61 Å². The van der Waals surface area contributed by atoms with Gasteiger partial charge in [0, 0.05) is 6.61 Å². The monoisotopic (exact) mass is 256 g/mol. The van der Waals surface area contributed by atoms with E-state index in [4.69, 9.17) is 4.74 Å². The number of rotatable bonds is 2. The fourth-order valence-electron chi connectivity index (χ4n) is 3.11. The lowest BCUT2D eigenvalue weighted by Crippen LogP contribution is -2.31. The molecule has 0 saturated heterocycles. The van der Waals surface area contributed by atoms with E-state index in [1.54, 1.807) is 0 Å². The Labute approximate surface area is 113 Å². The van der Waals surface area contributed by atoms with Gasteiger partial charge in [-0.05, 0) is 46.5 Å². The molecule has 2 fully saturated rings. The second-order valence-electron chi connectivity index (χ2n) is 6.50. The molecule has 18 heavy (non-hydrogen) atoms. The lowest BCUT2D eigenvalue weighted by molar-refractivity contribution is -0.0500. The fourth-order valence-corrected chi connectivity index (χ4v) is 3.11. The molecule has 0 aromatic rings. The predicted octanol–water partition coefficient (Wildman–Crippen LogP) is 4.45. The van der Waals surface area contributed by atoms with Crippen LogP contribution in [0.3, 0.4) is 0 Å². The average Bonchev–Trinajstić information content (AvgIpc) is 2.30. The van der Waals surface area contributed by atoms with Gasteiger partial charge in [-0.3, -0.25) is 0 Å². The van der Waals surface area contributed by atoms with Gasteiger partial charge in [0.25, 0.3) is 0 Å². The molecule has 2 saturated carbocycles. The maximum atomic E-state index is 9.37. The fraction of sp³-hybridized carbons (Fsp3) is 1.00. The summed E-state index contributed by atoms with van der Waals surface area (Å²) in [6.45, 7) is 7.14. The van der Waals surface area contributed by atoms with Crippen LogP contribution in [0.2, 0.25) is 0 Å². The van der Waals surface area contributed by atoms with Crippen LogP contribution in [0.4, 0.5) is 0 Å². The highest BCUT2D eigenvalue weighted by Gasteiger charge is 2.26. The molecule has 1 N–H and O–H groups in total. The van der Waals surface area contributed by atoms with Gasteiger partial charge in [-0.2, -0.15) is 0 Å². The van der Waals surface area contributed by atoms with Crippen molar-refractivity contribution in [2.24, 2.45) is 0 Å². The Morgan fingerprint density at radius 3 is 1.61 bits per heavy atom. The Hall–Kier alpha value is -0.0800. The van der Waals surface area contributed by atoms with Crippen molar-refractivity contribution in [3.63, 3.8) is 0 Å². The van der Waals surface area contributed by atoms with Crippen LogP contribution < -0.4 is 0 Å². The summed E-state index contributed by atoms with van der Waals surface area (Å²) >= 11 is 0. The largest absolute Gasteiger partial charge is 0.390 e. The summed E-state index contributed by atoms with van der Waals surface area (Å²) in [6.07, 6.45) is 12.4. The van der Waals surface area contributed by atoms with E-state index in [2.05, 4.69) is 13.8 Å². The molecule has 2 rings (SSSR count). The van der Waals surface area contributed by atoms with Crippen molar-refractivity contribution in [3.8, 4) is 0 Å². The minimum absolute atomic E-state index is 0.229. The summed E-state index contributed by atoms with van der Waals surface area (Å²) < 4.78 is 5.67. The van der Waals surface area contributed by atoms with Crippen LogP contribution in [0, 0.1) is 0 Å². The van der Waals surface area contributed by atoms with Gasteiger partial charge < -0.3 is 9.84 Å². The Kier molecular flexibility index (Phi) is 6.65. The summed E-state index contributed by atoms with van der Waals surface area (Å²) in [5, 5.41) is 9.37. The van der Waals surface area contributed by atoms with Crippen molar-refractivity contribution in [1.29, 1.82) is 0 Å². The van der Waals surface area contributed by atoms with Crippen LogP contribution in [-0.4, -0.2) is 22.9 Å². The van der Waals surface area contributed by atoms with Crippen molar-refractivity contribution < 1.29 is 9.84 Å². The standard InChI is InChI=1S/C9H18O.C7H14O/c1-3-10-9(2)7-5-4-6-8-9;1-7(8)5-3-2-4-6-7/h3-8H2,1-2H3;8H,2-6H2,1H3. The molecule has 0 radical (unpaired) electrons. The van der Waals surface area contributed by atoms with E-state index < -0.39 is 0 Å². The molecule has 0 bridgehead atoms. The maximum absolute atomic E-state index is 9.37. The molecule has 108 valence electrons. The second kappa shape index (κ2) is 7.49. The summed E-state index contributed by atoms with van der Waals surface area (Å²) in [6, 6.07) is 0. The lowest BCUT2D eigenvalue weighted by Gasteiger charge is -2.33. The molecule has 0 aromatic heterocycles. The zero-order valence-corrected chi connectivity index (χ0v) is 12.6. The van der Waals surface area contributed by atoms with Crippen molar-refractivity contribution in [1.82, 2.24) is 0 Å². The molecule has 2 nitrogen and oxygen atoms in total. The number of ether oxygens (including phenoxy) is 1. The van der Waals surface area contributed by atoms with Crippen LogP contribution in [0.15, 0.2) is 0 Å². The van der Waals surface area contributed by atoms with Crippen LogP contribution in [0.25, 0.3) is 0 Å². The molecule has 2 aliphatic rings. The Bertz CT molecular complexity index is 204. The third-order valence-electron chi connectivity index (χ3n) is 4.33. The van der Waals surface area contributed by atoms with Gasteiger partial charge in [-0.25, -0.2) is 0 Å². The van der Waals surface area contributed by atoms with E-state index in [1.165, 1.54) is 51.4 Å². The molecule has 0 spiro atoms. The SMILES string of the molecule is CC1(O)CCCCC1.CCOC1(C)CCCCC1. The third kappa shape index (κ3) is 6.19. The first-order valence-electron chi connectivity index (χ1n) is 7.84. The van der Waals surface area contributed by atoms with E-state index in [0.717, 1.165) is 19.4 Å². The van der Waals surface area contributed by atoms with E-state index >= 15 is 0 Å². The number of aliphatic hydroxyl groups is 1. The Balaban J connectivity index is 0.000000184. The molecule has 0 aromatic carbocycles. The predicted molar refractivity (Wildman–Crippen MR) is 76.8 cm³/mol. The maximum Gasteiger partial charge on any atom is 0.0654 e. The molecule has 0 aliphatic heterocycles. The first-order valence-corrected chi connectivity index (χ1v) is 7.84. The number of hydrogen-bond donors (Lipinski definition) is 1. The van der Waals surface area contributed by atoms with E-state index in [0.29, 0.717) is 0 Å². The van der Waals surface area contributed by atoms with Gasteiger partial charge in [-0.15, -0.1) is 0 Å². The van der Waals surface area contributed by atoms with Crippen LogP contribution in [0.5, 0.6) is 0 Å². The topological polar surface area (TPSA) is 29.5 Å². The zero-order chi connectivity index (χ0) is 13.5. The summed E-state index contributed by atoms with van der Waals surface area (Å²) in [5.41, 5.74) is -0.0920. The van der Waals surface area contributed by atoms with Gasteiger partial charge in [0.15, 0.2) is 0 Å². The highest BCUT2D eigenvalue weighted by molar-refractivity contribution is 4.79. The number of hydrogen-bond acceptors (Lipinski definition) is 2. The molecular weight excluding hydrogens is 224 g/mol. The molecule has 2 heteroatoms. The van der Waals surface area contributed by atoms with E-state index in [9.17, 15) is 5.11 Å². The van der Waals surface area contributed by atoms with Crippen molar-refractivity contribution in [3.05, 3.63) is 0 Å². The second-order valence-corrected chi connectivity index (χ2v) is 6.50. The normalized spacial score (nSPS) is 26.0. The molecular formula is C16H32O2. The first kappa shape index (κ1) is 16.0. The zero-order valence-electron chi connectivity index (χ0n) is 12.6. The van der Waals surface area contributed by atoms with Gasteiger partial charge in [0.1, 0.15) is 0 Å². The highest BCUT2D eigenvalue weighted by atomic mass is 16.5. The van der Waals surface area contributed by atoms with Crippen LogP contribution in [0.1, 0.15) is 85.0 Å². The van der Waals surface area contributed by atoms with Crippen molar-refractivity contribution >= 4 is 0 Å². The van der Waals surface area contributed by atoms with Gasteiger partial charge >= 0.3 is 0 Å². The minimum atomic E-state index is -0.321. The van der Waals surface area contributed by atoms with E-state index in [-0.39, 0.29) is 11.2 Å². The van der Waals surface area contributed by atoms with Gasteiger partial charge in [0.2, 0.25) is 0 Å². The Morgan fingerprint density at radius 1 is 0.833 bits per heavy atom. The van der Waals surface area contributed by atoms with Crippen LogP contribution in [-0.2, 0) is 4.74 Å². The molecule has 0 unspecified atom stereocenters. The highest BCUT2D eigenvalue weighted by Crippen LogP contribution is 2.30. The summed E-state index contributed by atoms with van der Waals surface area (Å²) in [7, 11) is 0. The van der Waals surface area contributed by atoms with E-state index in [1.807, 2.05) is 6.92 Å². The quantitative estimate of drug-likeness (QED) is 0.791. The molecule has 2 aliphatic carbocycles. The summed E-state index contributed by atoms with van der Waals surface area (Å²) in [4.78, 5) is 0. The molecule has 0 atom stereocenters. The smallest absolute Gasteiger partial charge is 0.0654 e. The molecule has 0 amide bonds.